The number of hydrogen-bond acceptors (Lipinski definition) is 4. The lowest BCUT2D eigenvalue weighted by Crippen LogP contribution is -1.97. The molecule has 0 aromatic carbocycles. The van der Waals surface area contributed by atoms with Gasteiger partial charge in [-0.25, -0.2) is 0 Å². The third kappa shape index (κ3) is 2.42. The molecule has 0 amide bonds. The molecule has 0 spiro atoms. The van der Waals surface area contributed by atoms with Gasteiger partial charge in [-0.1, -0.05) is 11.8 Å². The summed E-state index contributed by atoms with van der Waals surface area (Å²) in [5.41, 5.74) is 0. The second-order valence-corrected chi connectivity index (χ2v) is 4.12. The van der Waals surface area contributed by atoms with Gasteiger partial charge in [0.05, 0.1) is 12.9 Å². The highest BCUT2D eigenvalue weighted by Gasteiger charge is 2.06. The van der Waals surface area contributed by atoms with Gasteiger partial charge >= 0.3 is 5.97 Å². The molecule has 0 aliphatic heterocycles. The smallest absolute Gasteiger partial charge is 0.313 e. The number of carboxylic acids is 1. The zero-order valence-electron chi connectivity index (χ0n) is 6.44. The van der Waals surface area contributed by atoms with Crippen molar-refractivity contribution in [2.75, 3.05) is 12.9 Å². The van der Waals surface area contributed by atoms with Crippen molar-refractivity contribution in [1.82, 2.24) is 0 Å². The second kappa shape index (κ2) is 4.37. The number of thioether (sulfide) groups is 1. The van der Waals surface area contributed by atoms with Crippen LogP contribution in [-0.4, -0.2) is 23.9 Å². The van der Waals surface area contributed by atoms with Crippen LogP contribution >= 0.6 is 23.1 Å². The lowest BCUT2D eigenvalue weighted by Gasteiger charge is -1.98. The van der Waals surface area contributed by atoms with Gasteiger partial charge in [-0.05, 0) is 11.4 Å². The highest BCUT2D eigenvalue weighted by atomic mass is 32.2. The van der Waals surface area contributed by atoms with E-state index in [0.717, 1.165) is 9.96 Å². The van der Waals surface area contributed by atoms with Crippen molar-refractivity contribution in [1.29, 1.82) is 0 Å². The van der Waals surface area contributed by atoms with Crippen molar-refractivity contribution in [3.05, 3.63) is 11.4 Å². The first kappa shape index (κ1) is 9.41. The Kier molecular flexibility index (Phi) is 3.43. The maximum absolute atomic E-state index is 10.2. The predicted molar refractivity (Wildman–Crippen MR) is 49.2 cm³/mol. The molecule has 0 unspecified atom stereocenters. The lowest BCUT2D eigenvalue weighted by molar-refractivity contribution is -0.133. The fourth-order valence-corrected chi connectivity index (χ4v) is 2.41. The molecule has 0 fully saturated rings. The van der Waals surface area contributed by atoms with Gasteiger partial charge in [-0.15, -0.1) is 11.3 Å². The fourth-order valence-electron chi connectivity index (χ4n) is 0.668. The number of methoxy groups -OCH3 is 1. The third-order valence-electron chi connectivity index (χ3n) is 1.14. The summed E-state index contributed by atoms with van der Waals surface area (Å²) in [6, 6.07) is 1.83. The summed E-state index contributed by atoms with van der Waals surface area (Å²) in [7, 11) is 1.58. The average molecular weight is 204 g/mol. The predicted octanol–water partition coefficient (Wildman–Crippen LogP) is 1.93. The zero-order valence-corrected chi connectivity index (χ0v) is 8.08. The van der Waals surface area contributed by atoms with E-state index >= 15 is 0 Å². The number of ether oxygens (including phenoxy) is 1. The standard InChI is InChI=1S/C7H8O3S2/c1-10-5-2-3-11-7(5)12-4-6(8)9/h2-3H,4H2,1H3,(H,8,9). The van der Waals surface area contributed by atoms with E-state index < -0.39 is 5.97 Å². The van der Waals surface area contributed by atoms with Crippen LogP contribution in [0.5, 0.6) is 5.75 Å². The third-order valence-corrected chi connectivity index (χ3v) is 3.33. The van der Waals surface area contributed by atoms with Crippen LogP contribution in [-0.2, 0) is 4.79 Å². The Labute approximate surface area is 78.4 Å². The van der Waals surface area contributed by atoms with Crippen LogP contribution < -0.4 is 4.74 Å². The fraction of sp³-hybridized carbons (Fsp3) is 0.286. The molecule has 0 bridgehead atoms. The highest BCUT2D eigenvalue weighted by Crippen LogP contribution is 2.34. The summed E-state index contributed by atoms with van der Waals surface area (Å²) in [5.74, 6) is 0.0263. The number of thiophene rings is 1. The van der Waals surface area contributed by atoms with E-state index in [1.807, 2.05) is 11.4 Å². The first-order valence-corrected chi connectivity index (χ1v) is 5.06. The van der Waals surface area contributed by atoms with Crippen molar-refractivity contribution in [3.8, 4) is 5.75 Å². The van der Waals surface area contributed by atoms with Crippen LogP contribution in [0.1, 0.15) is 0 Å². The Morgan fingerprint density at radius 3 is 3.17 bits per heavy atom. The highest BCUT2D eigenvalue weighted by molar-refractivity contribution is 8.01. The monoisotopic (exact) mass is 204 g/mol. The Morgan fingerprint density at radius 2 is 2.58 bits per heavy atom. The largest absolute Gasteiger partial charge is 0.495 e. The number of rotatable bonds is 4. The Balaban J connectivity index is 2.56. The molecular weight excluding hydrogens is 196 g/mol. The number of carboxylic acid groups (broad SMARTS) is 1. The minimum Gasteiger partial charge on any atom is -0.495 e. The van der Waals surface area contributed by atoms with Crippen molar-refractivity contribution in [2.24, 2.45) is 0 Å². The van der Waals surface area contributed by atoms with Crippen LogP contribution in [0, 0.1) is 0 Å². The Morgan fingerprint density at radius 1 is 1.83 bits per heavy atom. The molecule has 66 valence electrons. The number of carbonyl (C=O) groups is 1. The summed E-state index contributed by atoms with van der Waals surface area (Å²) in [4.78, 5) is 10.2. The van der Waals surface area contributed by atoms with Gasteiger partial charge in [-0.2, -0.15) is 0 Å². The van der Waals surface area contributed by atoms with Gasteiger partial charge in [0.25, 0.3) is 0 Å². The zero-order chi connectivity index (χ0) is 8.97. The maximum atomic E-state index is 10.2. The van der Waals surface area contributed by atoms with E-state index in [0.29, 0.717) is 0 Å². The van der Waals surface area contributed by atoms with Crippen molar-refractivity contribution in [3.63, 3.8) is 0 Å². The van der Waals surface area contributed by atoms with Gasteiger partial charge in [0.2, 0.25) is 0 Å². The summed E-state index contributed by atoms with van der Waals surface area (Å²) >= 11 is 2.77. The Hall–Kier alpha value is -0.680. The van der Waals surface area contributed by atoms with Crippen LogP contribution in [0.4, 0.5) is 0 Å². The molecule has 12 heavy (non-hydrogen) atoms. The SMILES string of the molecule is COc1ccsc1SCC(=O)O. The molecule has 1 rings (SSSR count). The molecule has 3 nitrogen and oxygen atoms in total. The number of aliphatic carboxylic acids is 1. The summed E-state index contributed by atoms with van der Waals surface area (Å²) in [6.45, 7) is 0. The van der Waals surface area contributed by atoms with E-state index in [4.69, 9.17) is 9.84 Å². The molecule has 1 N–H and O–H groups in total. The molecule has 1 aromatic rings. The van der Waals surface area contributed by atoms with Gasteiger partial charge in [0.1, 0.15) is 9.96 Å². The molecule has 0 aliphatic carbocycles. The molecular formula is C7H8O3S2. The first-order valence-electron chi connectivity index (χ1n) is 3.20. The van der Waals surface area contributed by atoms with Gasteiger partial charge in [-0.3, -0.25) is 4.79 Å². The van der Waals surface area contributed by atoms with Gasteiger partial charge in [0.15, 0.2) is 0 Å². The van der Waals surface area contributed by atoms with Crippen LogP contribution in [0.25, 0.3) is 0 Å². The first-order chi connectivity index (χ1) is 5.74. The maximum Gasteiger partial charge on any atom is 0.313 e. The molecule has 0 saturated carbocycles. The minimum atomic E-state index is -0.810. The number of hydrogen-bond donors (Lipinski definition) is 1. The minimum absolute atomic E-state index is 0.0802. The second-order valence-electron chi connectivity index (χ2n) is 1.96. The average Bonchev–Trinajstić information content (AvgIpc) is 2.47. The van der Waals surface area contributed by atoms with Crippen LogP contribution in [0.2, 0.25) is 0 Å². The Bertz CT molecular complexity index is 269. The molecule has 1 heterocycles. The molecule has 5 heteroatoms. The molecule has 0 saturated heterocycles. The van der Waals surface area contributed by atoms with Crippen LogP contribution in [0.15, 0.2) is 15.7 Å². The van der Waals surface area contributed by atoms with Gasteiger partial charge < -0.3 is 9.84 Å². The van der Waals surface area contributed by atoms with Gasteiger partial charge in [0, 0.05) is 0 Å². The van der Waals surface area contributed by atoms with Crippen molar-refractivity contribution in [2.45, 2.75) is 4.21 Å². The molecule has 0 radical (unpaired) electrons. The van der Waals surface area contributed by atoms with E-state index in [1.165, 1.54) is 23.1 Å². The molecule has 0 aliphatic rings. The summed E-state index contributed by atoms with van der Waals surface area (Å²) < 4.78 is 5.93. The van der Waals surface area contributed by atoms with Crippen molar-refractivity contribution >= 4 is 29.1 Å². The lowest BCUT2D eigenvalue weighted by atomic mass is 10.6. The summed E-state index contributed by atoms with van der Waals surface area (Å²) in [6.07, 6.45) is 0. The van der Waals surface area contributed by atoms with E-state index in [2.05, 4.69) is 0 Å². The van der Waals surface area contributed by atoms with E-state index in [1.54, 1.807) is 7.11 Å². The quantitative estimate of drug-likeness (QED) is 0.761. The normalized spacial score (nSPS) is 9.75. The summed E-state index contributed by atoms with van der Waals surface area (Å²) in [5, 5.41) is 10.3. The van der Waals surface area contributed by atoms with Crippen LogP contribution in [0.3, 0.4) is 0 Å². The van der Waals surface area contributed by atoms with Crippen molar-refractivity contribution < 1.29 is 14.6 Å². The topological polar surface area (TPSA) is 46.5 Å². The molecule has 1 aromatic heterocycles. The van der Waals surface area contributed by atoms with E-state index in [-0.39, 0.29) is 5.75 Å². The molecule has 0 atom stereocenters. The van der Waals surface area contributed by atoms with E-state index in [9.17, 15) is 4.79 Å².